The number of aromatic nitrogens is 1. The first-order valence-electron chi connectivity index (χ1n) is 4.97. The lowest BCUT2D eigenvalue weighted by Gasteiger charge is -2.18. The number of hydrogen-bond acceptors (Lipinski definition) is 3. The highest BCUT2D eigenvalue weighted by atomic mass is 15.1. The number of anilines is 1. The minimum Gasteiger partial charge on any atom is -0.384 e. The van der Waals surface area contributed by atoms with Crippen molar-refractivity contribution in [1.82, 2.24) is 9.88 Å². The summed E-state index contributed by atoms with van der Waals surface area (Å²) in [6.07, 6.45) is 1.76. The van der Waals surface area contributed by atoms with Gasteiger partial charge in [-0.2, -0.15) is 0 Å². The molecule has 0 radical (unpaired) electrons. The van der Waals surface area contributed by atoms with E-state index in [9.17, 15) is 0 Å². The first kappa shape index (κ1) is 11.0. The molecular weight excluding hydrogens is 174 g/mol. The molecule has 1 aromatic heterocycles. The zero-order chi connectivity index (χ0) is 10.6. The Balaban J connectivity index is 2.51. The first-order chi connectivity index (χ1) is 6.58. The third-order valence-electron chi connectivity index (χ3n) is 1.97. The van der Waals surface area contributed by atoms with Crippen molar-refractivity contribution >= 4 is 5.82 Å². The Morgan fingerprint density at radius 2 is 2.21 bits per heavy atom. The molecular formula is C11H19N3. The van der Waals surface area contributed by atoms with E-state index < -0.39 is 0 Å². The van der Waals surface area contributed by atoms with Gasteiger partial charge < -0.3 is 10.6 Å². The molecule has 0 atom stereocenters. The fourth-order valence-electron chi connectivity index (χ4n) is 1.59. The first-order valence-corrected chi connectivity index (χ1v) is 4.97. The number of hydrogen-bond donors (Lipinski definition) is 1. The van der Waals surface area contributed by atoms with Gasteiger partial charge in [0.2, 0.25) is 0 Å². The topological polar surface area (TPSA) is 42.2 Å². The summed E-state index contributed by atoms with van der Waals surface area (Å²) in [4.78, 5) is 6.26. The minimum atomic E-state index is 0.598. The Labute approximate surface area is 85.9 Å². The second-order valence-corrected chi connectivity index (χ2v) is 4.18. The summed E-state index contributed by atoms with van der Waals surface area (Å²) in [6, 6.07) is 3.93. The summed E-state index contributed by atoms with van der Waals surface area (Å²) in [6.45, 7) is 6.47. The van der Waals surface area contributed by atoms with E-state index in [0.29, 0.717) is 11.7 Å². The zero-order valence-electron chi connectivity index (χ0n) is 9.20. The van der Waals surface area contributed by atoms with E-state index in [4.69, 9.17) is 5.73 Å². The van der Waals surface area contributed by atoms with Crippen LogP contribution in [0.4, 0.5) is 5.82 Å². The van der Waals surface area contributed by atoms with Gasteiger partial charge in [0.15, 0.2) is 0 Å². The molecule has 14 heavy (non-hydrogen) atoms. The summed E-state index contributed by atoms with van der Waals surface area (Å²) in [7, 11) is 2.12. The van der Waals surface area contributed by atoms with Crippen molar-refractivity contribution in [1.29, 1.82) is 0 Å². The second kappa shape index (κ2) is 4.96. The van der Waals surface area contributed by atoms with Crippen molar-refractivity contribution < 1.29 is 0 Å². The molecule has 0 unspecified atom stereocenters. The molecule has 1 rings (SSSR count). The lowest BCUT2D eigenvalue weighted by Crippen LogP contribution is -2.22. The molecule has 3 nitrogen and oxygen atoms in total. The fourth-order valence-corrected chi connectivity index (χ4v) is 1.59. The summed E-state index contributed by atoms with van der Waals surface area (Å²) in [5.74, 6) is 1.29. The van der Waals surface area contributed by atoms with Crippen molar-refractivity contribution in [2.24, 2.45) is 5.92 Å². The zero-order valence-corrected chi connectivity index (χ0v) is 9.20. The number of pyridine rings is 1. The Hall–Kier alpha value is -1.09. The van der Waals surface area contributed by atoms with Gasteiger partial charge in [-0.25, -0.2) is 4.98 Å². The number of rotatable bonds is 4. The quantitative estimate of drug-likeness (QED) is 0.792. The average Bonchev–Trinajstić information content (AvgIpc) is 2.01. The van der Waals surface area contributed by atoms with E-state index in [2.05, 4.69) is 30.8 Å². The van der Waals surface area contributed by atoms with Gasteiger partial charge in [0.1, 0.15) is 5.82 Å². The van der Waals surface area contributed by atoms with Gasteiger partial charge in [-0.15, -0.1) is 0 Å². The molecule has 0 aliphatic carbocycles. The number of nitrogens with two attached hydrogens (primary N) is 1. The van der Waals surface area contributed by atoms with E-state index in [1.165, 1.54) is 5.56 Å². The van der Waals surface area contributed by atoms with Crippen LogP contribution in [-0.4, -0.2) is 23.5 Å². The van der Waals surface area contributed by atoms with Crippen LogP contribution in [0.3, 0.4) is 0 Å². The molecule has 0 bridgehead atoms. The number of nitrogen functional groups attached to an aromatic ring is 1. The van der Waals surface area contributed by atoms with Crippen LogP contribution >= 0.6 is 0 Å². The smallest absolute Gasteiger partial charge is 0.123 e. The van der Waals surface area contributed by atoms with Gasteiger partial charge >= 0.3 is 0 Å². The molecule has 0 fully saturated rings. The van der Waals surface area contributed by atoms with Crippen LogP contribution in [0.25, 0.3) is 0 Å². The Bertz CT molecular complexity index is 284. The molecule has 0 aliphatic rings. The maximum atomic E-state index is 5.61. The normalized spacial score (nSPS) is 11.2. The van der Waals surface area contributed by atoms with Gasteiger partial charge in [-0.3, -0.25) is 0 Å². The van der Waals surface area contributed by atoms with Gasteiger partial charge in [0.25, 0.3) is 0 Å². The molecule has 0 saturated heterocycles. The Morgan fingerprint density at radius 1 is 1.50 bits per heavy atom. The lowest BCUT2D eigenvalue weighted by atomic mass is 10.2. The van der Waals surface area contributed by atoms with Gasteiger partial charge in [-0.1, -0.05) is 13.8 Å². The van der Waals surface area contributed by atoms with Crippen molar-refractivity contribution in [2.45, 2.75) is 20.4 Å². The summed E-state index contributed by atoms with van der Waals surface area (Å²) in [5.41, 5.74) is 6.83. The van der Waals surface area contributed by atoms with Crippen LogP contribution < -0.4 is 5.73 Å². The SMILES string of the molecule is CC(C)CN(C)Cc1ccnc(N)c1. The third-order valence-corrected chi connectivity index (χ3v) is 1.97. The second-order valence-electron chi connectivity index (χ2n) is 4.18. The van der Waals surface area contributed by atoms with Crippen molar-refractivity contribution in [2.75, 3.05) is 19.3 Å². The molecule has 1 heterocycles. The standard InChI is InChI=1S/C11H19N3/c1-9(2)7-14(3)8-10-4-5-13-11(12)6-10/h4-6,9H,7-8H2,1-3H3,(H2,12,13). The van der Waals surface area contributed by atoms with Crippen LogP contribution in [0.2, 0.25) is 0 Å². The molecule has 1 aromatic rings. The summed E-state index contributed by atoms with van der Waals surface area (Å²) >= 11 is 0. The minimum absolute atomic E-state index is 0.598. The van der Waals surface area contributed by atoms with Crippen molar-refractivity contribution in [3.63, 3.8) is 0 Å². The van der Waals surface area contributed by atoms with Crippen molar-refractivity contribution in [3.05, 3.63) is 23.9 Å². The van der Waals surface area contributed by atoms with E-state index in [1.54, 1.807) is 6.20 Å². The van der Waals surface area contributed by atoms with Crippen molar-refractivity contribution in [3.8, 4) is 0 Å². The number of nitrogens with zero attached hydrogens (tertiary/aromatic N) is 2. The predicted molar refractivity (Wildman–Crippen MR) is 59.8 cm³/mol. The van der Waals surface area contributed by atoms with Crippen LogP contribution in [0.5, 0.6) is 0 Å². The maximum Gasteiger partial charge on any atom is 0.123 e. The van der Waals surface area contributed by atoms with E-state index in [-0.39, 0.29) is 0 Å². The highest BCUT2D eigenvalue weighted by Gasteiger charge is 2.02. The molecule has 0 spiro atoms. The molecule has 0 saturated carbocycles. The van der Waals surface area contributed by atoms with Crippen LogP contribution in [0.15, 0.2) is 18.3 Å². The molecule has 78 valence electrons. The lowest BCUT2D eigenvalue weighted by molar-refractivity contribution is 0.288. The van der Waals surface area contributed by atoms with Crippen LogP contribution in [0, 0.1) is 5.92 Å². The van der Waals surface area contributed by atoms with E-state index in [1.807, 2.05) is 12.1 Å². The Kier molecular flexibility index (Phi) is 3.89. The van der Waals surface area contributed by atoms with E-state index in [0.717, 1.165) is 13.1 Å². The van der Waals surface area contributed by atoms with Gasteiger partial charge in [0, 0.05) is 19.3 Å². The van der Waals surface area contributed by atoms with Gasteiger partial charge in [-0.05, 0) is 30.7 Å². The van der Waals surface area contributed by atoms with Crippen LogP contribution in [0.1, 0.15) is 19.4 Å². The molecule has 2 N–H and O–H groups in total. The molecule has 0 amide bonds. The largest absolute Gasteiger partial charge is 0.384 e. The third kappa shape index (κ3) is 3.75. The molecule has 3 heteroatoms. The average molecular weight is 193 g/mol. The fraction of sp³-hybridized carbons (Fsp3) is 0.545. The highest BCUT2D eigenvalue weighted by molar-refractivity contribution is 5.31. The summed E-state index contributed by atoms with van der Waals surface area (Å²) < 4.78 is 0. The monoisotopic (exact) mass is 193 g/mol. The summed E-state index contributed by atoms with van der Waals surface area (Å²) in [5, 5.41) is 0. The predicted octanol–water partition coefficient (Wildman–Crippen LogP) is 1.75. The molecule has 0 aliphatic heterocycles. The Morgan fingerprint density at radius 3 is 2.79 bits per heavy atom. The van der Waals surface area contributed by atoms with E-state index >= 15 is 0 Å². The van der Waals surface area contributed by atoms with Gasteiger partial charge in [0.05, 0.1) is 0 Å². The van der Waals surface area contributed by atoms with Crippen LogP contribution in [-0.2, 0) is 6.54 Å². The highest BCUT2D eigenvalue weighted by Crippen LogP contribution is 2.07. The molecule has 0 aromatic carbocycles. The maximum absolute atomic E-state index is 5.61.